The predicted molar refractivity (Wildman–Crippen MR) is 93.5 cm³/mol. The van der Waals surface area contributed by atoms with Gasteiger partial charge in [-0.3, -0.25) is 0 Å². The largest absolute Gasteiger partial charge is 0.430 e. The number of benzene rings is 3. The summed E-state index contributed by atoms with van der Waals surface area (Å²) in [5, 5.41) is 18.0. The molecule has 0 amide bonds. The van der Waals surface area contributed by atoms with Crippen LogP contribution in [0.5, 0.6) is 0 Å². The number of fused-ring (bicyclic) bond motifs is 2. The van der Waals surface area contributed by atoms with Gasteiger partial charge in [0.25, 0.3) is 11.2 Å². The molecule has 0 saturated heterocycles. The van der Waals surface area contributed by atoms with Crippen molar-refractivity contribution in [3.05, 3.63) is 59.7 Å². The van der Waals surface area contributed by atoms with Crippen molar-refractivity contribution in [1.29, 1.82) is 0 Å². The number of hydrogen-bond acceptors (Lipinski definition) is 2. The molecule has 0 saturated carbocycles. The van der Waals surface area contributed by atoms with Crippen LogP contribution in [-0.4, -0.2) is 34.9 Å². The van der Waals surface area contributed by atoms with Crippen molar-refractivity contribution < 1.29 is 62.9 Å². The Bertz CT molecular complexity index is 1110. The Hall–Kier alpha value is -2.74. The molecular weight excluding hydrogens is 500 g/mol. The molecule has 34 heavy (non-hydrogen) atoms. The van der Waals surface area contributed by atoms with Crippen molar-refractivity contribution in [2.45, 2.75) is 35.9 Å². The van der Waals surface area contributed by atoms with Crippen LogP contribution in [0.3, 0.4) is 0 Å². The summed E-state index contributed by atoms with van der Waals surface area (Å²) in [6, 6.07) is 4.44. The average molecular weight is 510 g/mol. The molecular formula is C20H10F12O2. The Kier molecular flexibility index (Phi) is 5.61. The molecule has 0 heterocycles. The molecule has 2 N–H and O–H groups in total. The minimum atomic E-state index is -6.16. The van der Waals surface area contributed by atoms with Gasteiger partial charge in [0.2, 0.25) is 0 Å². The van der Waals surface area contributed by atoms with Crippen molar-refractivity contribution in [3.8, 4) is 0 Å². The van der Waals surface area contributed by atoms with E-state index in [1.54, 1.807) is 0 Å². The van der Waals surface area contributed by atoms with Gasteiger partial charge in [-0.25, -0.2) is 0 Å². The molecule has 0 aliphatic carbocycles. The maximum Gasteiger partial charge on any atom is 0.430 e. The Labute approximate surface area is 181 Å². The molecule has 14 heteroatoms. The van der Waals surface area contributed by atoms with Gasteiger partial charge in [0.05, 0.1) is 0 Å². The van der Waals surface area contributed by atoms with Crippen LogP contribution in [0.4, 0.5) is 52.7 Å². The van der Waals surface area contributed by atoms with E-state index < -0.39 is 47.0 Å². The van der Waals surface area contributed by atoms with Gasteiger partial charge in [-0.1, -0.05) is 24.3 Å². The maximum atomic E-state index is 13.1. The SMILES string of the molecule is OC(c1ccc2cc3cc(C(O)(C(F)(F)F)C(F)(F)F)ccc3cc2c1)(C(F)(F)F)C(F)(F)F. The third-order valence-electron chi connectivity index (χ3n) is 5.27. The summed E-state index contributed by atoms with van der Waals surface area (Å²) in [6.07, 6.45) is -24.6. The van der Waals surface area contributed by atoms with Gasteiger partial charge in [-0.15, -0.1) is 0 Å². The normalized spacial score (nSPS) is 14.8. The van der Waals surface area contributed by atoms with Gasteiger partial charge in [-0.05, 0) is 45.8 Å². The summed E-state index contributed by atoms with van der Waals surface area (Å²) in [5.41, 5.74) is -13.7. The van der Waals surface area contributed by atoms with Crippen molar-refractivity contribution in [3.63, 3.8) is 0 Å². The van der Waals surface area contributed by atoms with E-state index in [4.69, 9.17) is 0 Å². The first-order valence-corrected chi connectivity index (χ1v) is 8.85. The second-order valence-corrected chi connectivity index (χ2v) is 7.39. The van der Waals surface area contributed by atoms with E-state index in [9.17, 15) is 62.9 Å². The topological polar surface area (TPSA) is 40.5 Å². The highest BCUT2D eigenvalue weighted by molar-refractivity contribution is 5.98. The van der Waals surface area contributed by atoms with Crippen molar-refractivity contribution >= 4 is 21.5 Å². The highest BCUT2D eigenvalue weighted by Crippen LogP contribution is 2.52. The maximum absolute atomic E-state index is 13.1. The highest BCUT2D eigenvalue weighted by atomic mass is 19.4. The van der Waals surface area contributed by atoms with Crippen molar-refractivity contribution in [1.82, 2.24) is 0 Å². The fraction of sp³-hybridized carbons (Fsp3) is 0.300. The quantitative estimate of drug-likeness (QED) is 0.301. The molecule has 186 valence electrons. The molecule has 0 aromatic heterocycles. The molecule has 3 rings (SSSR count). The summed E-state index contributed by atoms with van der Waals surface area (Å²) in [4.78, 5) is 0. The number of aliphatic hydroxyl groups is 2. The van der Waals surface area contributed by atoms with Crippen LogP contribution in [0.15, 0.2) is 48.5 Å². The minimum Gasteiger partial charge on any atom is -0.369 e. The second kappa shape index (κ2) is 7.38. The third-order valence-corrected chi connectivity index (χ3v) is 5.27. The molecule has 2 nitrogen and oxygen atoms in total. The van der Waals surface area contributed by atoms with Gasteiger partial charge in [-0.2, -0.15) is 52.7 Å². The van der Waals surface area contributed by atoms with E-state index in [0.29, 0.717) is 24.3 Å². The third kappa shape index (κ3) is 3.72. The predicted octanol–water partition coefficient (Wildman–Crippen LogP) is 6.62. The zero-order valence-corrected chi connectivity index (χ0v) is 16.0. The fourth-order valence-corrected chi connectivity index (χ4v) is 3.42. The van der Waals surface area contributed by atoms with E-state index >= 15 is 0 Å². The van der Waals surface area contributed by atoms with Gasteiger partial charge in [0, 0.05) is 11.1 Å². The van der Waals surface area contributed by atoms with Gasteiger partial charge in [0.1, 0.15) is 0 Å². The smallest absolute Gasteiger partial charge is 0.369 e. The zero-order valence-electron chi connectivity index (χ0n) is 16.0. The lowest BCUT2D eigenvalue weighted by atomic mass is 9.88. The van der Waals surface area contributed by atoms with Gasteiger partial charge in [0.15, 0.2) is 0 Å². The lowest BCUT2D eigenvalue weighted by Gasteiger charge is -2.33. The van der Waals surface area contributed by atoms with Crippen molar-refractivity contribution in [2.24, 2.45) is 0 Å². The molecule has 0 unspecified atom stereocenters. The molecule has 0 spiro atoms. The van der Waals surface area contributed by atoms with Crippen molar-refractivity contribution in [2.75, 3.05) is 0 Å². The standard InChI is InChI=1S/C20H10F12O2/c21-17(22,23)15(33,18(24,25)26)13-3-1-9-5-12-8-14(4-2-10(12)6-11(9)7-13)16(34,19(27,28)29)20(30,31)32/h1-8,33-34H. The molecule has 0 atom stereocenters. The summed E-state index contributed by atoms with van der Waals surface area (Å²) < 4.78 is 157. The lowest BCUT2D eigenvalue weighted by molar-refractivity contribution is -0.376. The number of alkyl halides is 12. The second-order valence-electron chi connectivity index (χ2n) is 7.39. The summed E-state index contributed by atoms with van der Waals surface area (Å²) in [5.74, 6) is 0. The lowest BCUT2D eigenvalue weighted by Crippen LogP contribution is -2.53. The van der Waals surface area contributed by atoms with E-state index in [1.807, 2.05) is 0 Å². The van der Waals surface area contributed by atoms with E-state index in [1.165, 1.54) is 0 Å². The monoisotopic (exact) mass is 510 g/mol. The van der Waals surface area contributed by atoms with E-state index in [2.05, 4.69) is 0 Å². The van der Waals surface area contributed by atoms with Crippen LogP contribution in [0.1, 0.15) is 11.1 Å². The fourth-order valence-electron chi connectivity index (χ4n) is 3.42. The summed E-state index contributed by atoms with van der Waals surface area (Å²) >= 11 is 0. The average Bonchev–Trinajstić information content (AvgIpc) is 2.66. The molecule has 0 bridgehead atoms. The van der Waals surface area contributed by atoms with Gasteiger partial charge >= 0.3 is 24.7 Å². The molecule has 0 radical (unpaired) electrons. The summed E-state index contributed by atoms with van der Waals surface area (Å²) in [7, 11) is 0. The number of halogens is 12. The van der Waals surface area contributed by atoms with E-state index in [0.717, 1.165) is 12.1 Å². The minimum absolute atomic E-state index is 0.164. The van der Waals surface area contributed by atoms with Crippen LogP contribution >= 0.6 is 0 Å². The molecule has 0 aliphatic heterocycles. The Morgan fingerprint density at radius 1 is 0.382 bits per heavy atom. The Morgan fingerprint density at radius 3 is 0.882 bits per heavy atom. The Balaban J connectivity index is 2.24. The van der Waals surface area contributed by atoms with Gasteiger partial charge < -0.3 is 10.2 Å². The first-order valence-electron chi connectivity index (χ1n) is 8.85. The zero-order chi connectivity index (χ0) is 26.1. The van der Waals surface area contributed by atoms with Crippen LogP contribution < -0.4 is 0 Å². The van der Waals surface area contributed by atoms with Crippen LogP contribution in [0, 0.1) is 0 Å². The molecule has 0 fully saturated rings. The number of hydrogen-bond donors (Lipinski definition) is 2. The van der Waals surface area contributed by atoms with Crippen LogP contribution in [0.2, 0.25) is 0 Å². The Morgan fingerprint density at radius 2 is 0.647 bits per heavy atom. The van der Waals surface area contributed by atoms with Crippen LogP contribution in [-0.2, 0) is 11.2 Å². The summed E-state index contributed by atoms with van der Waals surface area (Å²) in [6.45, 7) is 0. The number of rotatable bonds is 2. The molecule has 3 aromatic rings. The first-order chi connectivity index (χ1) is 15.1. The first kappa shape index (κ1) is 25.9. The molecule has 3 aromatic carbocycles. The molecule has 0 aliphatic rings. The van der Waals surface area contributed by atoms with Crippen LogP contribution in [0.25, 0.3) is 21.5 Å². The van der Waals surface area contributed by atoms with E-state index in [-0.39, 0.29) is 33.7 Å². The highest BCUT2D eigenvalue weighted by Gasteiger charge is 2.72.